The maximum absolute atomic E-state index is 13.4. The summed E-state index contributed by atoms with van der Waals surface area (Å²) < 4.78 is 0. The molecule has 0 aliphatic heterocycles. The lowest BCUT2D eigenvalue weighted by atomic mass is 10.1. The molecule has 0 aromatic heterocycles. The molecule has 0 heterocycles. The fraction of sp³-hybridized carbons (Fsp3) is 0.857. The normalized spacial score (nSPS) is 12.8. The van der Waals surface area contributed by atoms with E-state index in [1.807, 2.05) is 0 Å². The van der Waals surface area contributed by atoms with E-state index in [2.05, 4.69) is 109 Å². The van der Waals surface area contributed by atoms with Crippen LogP contribution in [0, 0.1) is 0 Å². The minimum absolute atomic E-state index is 0.0867. The fourth-order valence-corrected chi connectivity index (χ4v) is 16.1. The minimum atomic E-state index is -0.652. The van der Waals surface area contributed by atoms with Crippen molar-refractivity contribution in [2.75, 3.05) is 91.6 Å². The van der Waals surface area contributed by atoms with Crippen LogP contribution in [0.1, 0.15) is 405 Å². The molecule has 0 saturated carbocycles. The number of carbonyl (C=O) groups excluding carboxylic acids is 14. The first-order chi connectivity index (χ1) is 65.0. The first kappa shape index (κ1) is 126. The predicted molar refractivity (Wildman–Crippen MR) is 525 cm³/mol. The van der Waals surface area contributed by atoms with Crippen LogP contribution in [-0.2, 0) is 67.1 Å². The molecule has 7 unspecified atom stereocenters. The third-order valence-corrected chi connectivity index (χ3v) is 24.4. The van der Waals surface area contributed by atoms with Gasteiger partial charge in [-0.2, -0.15) is 0 Å². The molecule has 14 amide bonds. The topological polar surface area (TPSA) is 641 Å². The molecular formula is C98H199N22O14+7. The van der Waals surface area contributed by atoms with Crippen molar-refractivity contribution in [3.63, 3.8) is 0 Å². The standard InChI is InChI=1S/C98H192N22O14/c99-64-36-15-1-8-22-58-86(122)115-79(51-30-38-66-101)93(129)109-73-45-17-3-10-24-60-88(124)117-81(53-32-40-68-103)95(131)111-75-47-19-5-12-26-62-90(126)119-83(55-34-42-70-105)97(133)113-77-49-21-7-14-28-63-91(127)120-84(56-35-43-71-106)98(134)112-76-48-20-6-13-27-61-89(125)118-82(54-33-41-69-104)96(132)110-74-46-18-4-11-25-59-87(123)116-80(52-31-39-67-102)94(130)108-72-44-16-2-9-23-57-85(121)114-78(92(107)128)50-29-37-65-100/h78-84H,1-77,99-106H2,(H2,107,128)(H,108,130)(H,109,129)(H,110,132)(H,111,131)(H,112,134)(H,113,133)(H,114,121)(H,115,122)(H,116,123)(H,117,124)(H,118,125)(H,119,126)(H,120,127)/p+7. The smallest absolute Gasteiger partial charge is 0.242 e. The lowest BCUT2D eigenvalue weighted by molar-refractivity contribution is -0.368. The summed E-state index contributed by atoms with van der Waals surface area (Å²) in [6.45, 7) is 8.86. The molecular weight excluding hydrogens is 1710 g/mol. The maximum atomic E-state index is 13.4. The molecule has 7 atom stereocenters. The molecule has 36 heteroatoms. The van der Waals surface area contributed by atoms with Crippen LogP contribution < -0.4 is 121 Å². The van der Waals surface area contributed by atoms with Gasteiger partial charge in [0.15, 0.2) is 0 Å². The molecule has 778 valence electrons. The molecule has 0 aromatic rings. The van der Waals surface area contributed by atoms with Crippen LogP contribution in [0.5, 0.6) is 0 Å². The number of unbranched alkanes of at least 4 members (excludes halogenated alkanes) is 35. The summed E-state index contributed by atoms with van der Waals surface area (Å²) in [7, 11) is 0. The second-order valence-electron chi connectivity index (χ2n) is 36.8. The number of rotatable bonds is 97. The lowest BCUT2D eigenvalue weighted by Crippen LogP contribution is -2.50. The Balaban J connectivity index is 4.66. The molecule has 36 nitrogen and oxygen atoms in total. The number of carbonyl (C=O) groups is 14. The van der Waals surface area contributed by atoms with Gasteiger partial charge < -0.3 is 121 Å². The summed E-state index contributed by atoms with van der Waals surface area (Å²) in [6, 6.07) is -4.32. The number of nitrogens with two attached hydrogens (primary N) is 2. The van der Waals surface area contributed by atoms with Crippen molar-refractivity contribution in [1.29, 1.82) is 0 Å². The van der Waals surface area contributed by atoms with E-state index >= 15 is 0 Å². The Morgan fingerprint density at radius 3 is 0.455 bits per heavy atom. The van der Waals surface area contributed by atoms with Gasteiger partial charge in [-0.15, -0.1) is 0 Å². The van der Waals surface area contributed by atoms with Crippen molar-refractivity contribution < 1.29 is 107 Å². The highest BCUT2D eigenvalue weighted by Gasteiger charge is 2.28. The minimum Gasteiger partial charge on any atom is -0.368 e. The van der Waals surface area contributed by atoms with Gasteiger partial charge in [0.25, 0.3) is 0 Å². The molecule has 0 fully saturated rings. The molecule has 0 aliphatic carbocycles. The summed E-state index contributed by atoms with van der Waals surface area (Å²) in [5, 5.41) is 38.7. The van der Waals surface area contributed by atoms with Gasteiger partial charge in [0.1, 0.15) is 42.3 Å². The molecule has 0 aromatic carbocycles. The van der Waals surface area contributed by atoms with E-state index in [1.54, 1.807) is 0 Å². The average Bonchev–Trinajstić information content (AvgIpc) is 0.972. The highest BCUT2D eigenvalue weighted by Crippen LogP contribution is 2.17. The van der Waals surface area contributed by atoms with Crippen LogP contribution >= 0.6 is 0 Å². The zero-order chi connectivity index (χ0) is 98.8. The Hall–Kier alpha value is -7.74. The van der Waals surface area contributed by atoms with Gasteiger partial charge in [0, 0.05) is 84.2 Å². The molecule has 0 saturated heterocycles. The van der Waals surface area contributed by atoms with E-state index in [9.17, 15) is 67.1 Å². The van der Waals surface area contributed by atoms with Crippen molar-refractivity contribution in [3.05, 3.63) is 0 Å². The maximum Gasteiger partial charge on any atom is 0.242 e. The zero-order valence-corrected chi connectivity index (χ0v) is 83.8. The monoisotopic (exact) mass is 1910 g/mol. The van der Waals surface area contributed by atoms with Gasteiger partial charge in [0.2, 0.25) is 82.7 Å². The van der Waals surface area contributed by atoms with E-state index in [-0.39, 0.29) is 76.8 Å². The molecule has 0 bridgehead atoms. The van der Waals surface area contributed by atoms with Crippen molar-refractivity contribution in [2.45, 2.75) is 447 Å². The molecule has 0 aliphatic rings. The molecule has 134 heavy (non-hydrogen) atoms. The molecule has 0 radical (unpaired) electrons. The number of primary amides is 1. The third-order valence-electron chi connectivity index (χ3n) is 24.4. The Bertz CT molecular complexity index is 3020. The van der Waals surface area contributed by atoms with Gasteiger partial charge in [-0.05, 0) is 231 Å². The zero-order valence-electron chi connectivity index (χ0n) is 83.8. The first-order valence-corrected chi connectivity index (χ1v) is 53.3. The second-order valence-corrected chi connectivity index (χ2v) is 36.8. The van der Waals surface area contributed by atoms with Crippen LogP contribution in [-0.4, -0.2) is 217 Å². The summed E-state index contributed by atoms with van der Waals surface area (Å²) >= 11 is 0. The van der Waals surface area contributed by atoms with Crippen LogP contribution in [0.2, 0.25) is 0 Å². The largest absolute Gasteiger partial charge is 0.368 e. The Morgan fingerprint density at radius 1 is 0.172 bits per heavy atom. The van der Waals surface area contributed by atoms with Crippen LogP contribution in [0.3, 0.4) is 0 Å². The molecule has 38 N–H and O–H groups in total. The Labute approximate surface area is 805 Å². The van der Waals surface area contributed by atoms with E-state index in [0.717, 1.165) is 322 Å². The van der Waals surface area contributed by atoms with Crippen LogP contribution in [0.4, 0.5) is 0 Å². The SMILES string of the molecule is NCCCCCCCC(=O)NC(CCCC[NH3+])C(=O)NCCCCCCCC(=O)NC(CCCC[NH3+])C(=O)NCCCCCCCC(=O)NC(CCCC[NH3+])C(=O)NCCCCCCCC(=O)NC(CCCC[NH3+])C(=O)NCCCCCCCC(=O)NC(CCCC[NH3+])C(=O)NCCCCCCCC(=O)NC(CCCC[NH3+])C(=O)NCCCCCCCC(=O)NC(CCCC[NH3+])C(N)=O. The van der Waals surface area contributed by atoms with Gasteiger partial charge in [0.05, 0.1) is 45.8 Å². The van der Waals surface area contributed by atoms with Crippen molar-refractivity contribution in [1.82, 2.24) is 69.1 Å². The van der Waals surface area contributed by atoms with Crippen molar-refractivity contribution >= 4 is 82.7 Å². The summed E-state index contributed by atoms with van der Waals surface area (Å²) in [6.07, 6.45) is 46.6. The summed E-state index contributed by atoms with van der Waals surface area (Å²) in [4.78, 5) is 182. The van der Waals surface area contributed by atoms with E-state index < -0.39 is 48.2 Å². The second kappa shape index (κ2) is 91.7. The molecule has 0 spiro atoms. The number of hydrogen-bond acceptors (Lipinski definition) is 15. The fourth-order valence-electron chi connectivity index (χ4n) is 16.1. The lowest BCUT2D eigenvalue weighted by Gasteiger charge is -2.19. The number of quaternary nitrogens is 7. The van der Waals surface area contributed by atoms with Crippen molar-refractivity contribution in [2.24, 2.45) is 11.5 Å². The Kier molecular flexibility index (Phi) is 86.4. The first-order valence-electron chi connectivity index (χ1n) is 53.3. The quantitative estimate of drug-likeness (QED) is 0.0386. The van der Waals surface area contributed by atoms with Gasteiger partial charge >= 0.3 is 0 Å². The number of amides is 14. The highest BCUT2D eigenvalue weighted by atomic mass is 16.2. The van der Waals surface area contributed by atoms with Gasteiger partial charge in [-0.25, -0.2) is 0 Å². The van der Waals surface area contributed by atoms with E-state index in [1.165, 1.54) is 0 Å². The predicted octanol–water partition coefficient (Wildman–Crippen LogP) is 1.79. The number of hydrogen-bond donors (Lipinski definition) is 22. The van der Waals surface area contributed by atoms with E-state index in [0.29, 0.717) is 174 Å². The average molecular weight is 1910 g/mol. The molecule has 0 rings (SSSR count). The van der Waals surface area contributed by atoms with E-state index in [4.69, 9.17) is 11.5 Å². The highest BCUT2D eigenvalue weighted by molar-refractivity contribution is 5.91. The summed E-state index contributed by atoms with van der Waals surface area (Å²) in [5.74, 6) is -2.66. The van der Waals surface area contributed by atoms with Crippen LogP contribution in [0.25, 0.3) is 0 Å². The van der Waals surface area contributed by atoms with Crippen molar-refractivity contribution in [3.8, 4) is 0 Å². The van der Waals surface area contributed by atoms with Crippen LogP contribution in [0.15, 0.2) is 0 Å². The summed E-state index contributed by atoms with van der Waals surface area (Å²) in [5.41, 5.74) is 38.4. The third kappa shape index (κ3) is 76.3. The van der Waals surface area contributed by atoms with Gasteiger partial charge in [-0.1, -0.05) is 135 Å². The van der Waals surface area contributed by atoms with Gasteiger partial charge in [-0.3, -0.25) is 67.1 Å². The Morgan fingerprint density at radius 2 is 0.306 bits per heavy atom. The number of nitrogens with one attached hydrogen (secondary N) is 13.